The smallest absolute Gasteiger partial charge is 0.267 e. The average molecular weight is 460 g/mol. The molecule has 5 rings (SSSR count). The topological polar surface area (TPSA) is 86.3 Å². The first kappa shape index (κ1) is 21.6. The number of ether oxygens (including phenoxy) is 4. The molecule has 8 nitrogen and oxygen atoms in total. The van der Waals surface area contributed by atoms with E-state index in [1.165, 1.54) is 0 Å². The molecule has 34 heavy (non-hydrogen) atoms. The predicted molar refractivity (Wildman–Crippen MR) is 126 cm³/mol. The van der Waals surface area contributed by atoms with Gasteiger partial charge in [0, 0.05) is 11.3 Å². The third kappa shape index (κ3) is 4.34. The molecule has 2 amide bonds. The Morgan fingerprint density at radius 2 is 1.88 bits per heavy atom. The Labute approximate surface area is 197 Å². The average Bonchev–Trinajstić information content (AvgIpc) is 3.30. The zero-order valence-electron chi connectivity index (χ0n) is 18.9. The first-order valence-electron chi connectivity index (χ1n) is 11.0. The number of hydrogen-bond donors (Lipinski definition) is 1. The summed E-state index contributed by atoms with van der Waals surface area (Å²) in [5, 5.41) is 2.87. The van der Waals surface area contributed by atoms with Crippen molar-refractivity contribution in [2.75, 3.05) is 30.2 Å². The molecule has 2 aliphatic heterocycles. The van der Waals surface area contributed by atoms with Crippen LogP contribution in [0.25, 0.3) is 0 Å². The van der Waals surface area contributed by atoms with E-state index in [9.17, 15) is 9.59 Å². The highest BCUT2D eigenvalue weighted by Crippen LogP contribution is 2.37. The van der Waals surface area contributed by atoms with E-state index in [-0.39, 0.29) is 18.6 Å². The highest BCUT2D eigenvalue weighted by molar-refractivity contribution is 6.06. The van der Waals surface area contributed by atoms with Gasteiger partial charge < -0.3 is 29.2 Å². The van der Waals surface area contributed by atoms with Gasteiger partial charge in [0.2, 0.25) is 6.79 Å². The molecule has 0 aromatic heterocycles. The number of amides is 2. The van der Waals surface area contributed by atoms with Crippen LogP contribution >= 0.6 is 0 Å². The molecule has 1 atom stereocenters. The molecule has 1 N–H and O–H groups in total. The lowest BCUT2D eigenvalue weighted by molar-refractivity contribution is -0.125. The van der Waals surface area contributed by atoms with Gasteiger partial charge in [0.1, 0.15) is 18.1 Å². The fraction of sp³-hybridized carbons (Fsp3) is 0.231. The number of anilines is 2. The third-order valence-electron chi connectivity index (χ3n) is 5.63. The summed E-state index contributed by atoms with van der Waals surface area (Å²) in [5.41, 5.74) is 2.66. The summed E-state index contributed by atoms with van der Waals surface area (Å²) in [6.45, 7) is 4.51. The molecular weight excluding hydrogens is 436 g/mol. The Balaban J connectivity index is 1.32. The molecule has 0 saturated carbocycles. The van der Waals surface area contributed by atoms with Crippen molar-refractivity contribution >= 4 is 23.2 Å². The first-order chi connectivity index (χ1) is 16.5. The number of carbonyl (C=O) groups excluding carboxylic acids is 2. The monoisotopic (exact) mass is 460 g/mol. The quantitative estimate of drug-likeness (QED) is 0.594. The SMILES string of the molecule is Cc1cccc(OCCN2C(=O)C(C)Oc3ccc(NC(=O)c4ccc5c(c4)OCO5)cc32)c1. The van der Waals surface area contributed by atoms with Gasteiger partial charge in [-0.05, 0) is 67.9 Å². The lowest BCUT2D eigenvalue weighted by Gasteiger charge is -2.33. The van der Waals surface area contributed by atoms with Gasteiger partial charge in [-0.15, -0.1) is 0 Å². The molecule has 2 heterocycles. The number of aryl methyl sites for hydroxylation is 1. The summed E-state index contributed by atoms with van der Waals surface area (Å²) in [4.78, 5) is 27.3. The highest BCUT2D eigenvalue weighted by atomic mass is 16.7. The van der Waals surface area contributed by atoms with Gasteiger partial charge >= 0.3 is 0 Å². The zero-order chi connectivity index (χ0) is 23.7. The van der Waals surface area contributed by atoms with Gasteiger partial charge in [-0.3, -0.25) is 9.59 Å². The summed E-state index contributed by atoms with van der Waals surface area (Å²) >= 11 is 0. The minimum Gasteiger partial charge on any atom is -0.492 e. The number of fused-ring (bicyclic) bond motifs is 2. The van der Waals surface area contributed by atoms with E-state index in [1.807, 2.05) is 31.2 Å². The maximum absolute atomic E-state index is 12.9. The Morgan fingerprint density at radius 1 is 1.06 bits per heavy atom. The van der Waals surface area contributed by atoms with Crippen molar-refractivity contribution < 1.29 is 28.5 Å². The van der Waals surface area contributed by atoms with E-state index in [0.717, 1.165) is 11.3 Å². The van der Waals surface area contributed by atoms with E-state index in [4.69, 9.17) is 18.9 Å². The summed E-state index contributed by atoms with van der Waals surface area (Å²) in [6.07, 6.45) is -0.611. The normalized spacial score (nSPS) is 16.0. The van der Waals surface area contributed by atoms with E-state index in [1.54, 1.807) is 48.2 Å². The van der Waals surface area contributed by atoms with Crippen LogP contribution < -0.4 is 29.2 Å². The number of hydrogen-bond acceptors (Lipinski definition) is 6. The molecule has 0 bridgehead atoms. The van der Waals surface area contributed by atoms with Crippen molar-refractivity contribution in [1.82, 2.24) is 0 Å². The largest absolute Gasteiger partial charge is 0.492 e. The number of nitrogens with zero attached hydrogens (tertiary/aromatic N) is 1. The van der Waals surface area contributed by atoms with Gasteiger partial charge in [0.05, 0.1) is 12.2 Å². The van der Waals surface area contributed by atoms with Crippen LogP contribution in [0.2, 0.25) is 0 Å². The van der Waals surface area contributed by atoms with E-state index >= 15 is 0 Å². The second kappa shape index (κ2) is 8.97. The van der Waals surface area contributed by atoms with Crippen LogP contribution in [-0.2, 0) is 4.79 Å². The number of carbonyl (C=O) groups is 2. The van der Waals surface area contributed by atoms with Crippen molar-refractivity contribution in [3.63, 3.8) is 0 Å². The molecule has 174 valence electrons. The van der Waals surface area contributed by atoms with Crippen LogP contribution in [-0.4, -0.2) is 37.9 Å². The van der Waals surface area contributed by atoms with Gasteiger partial charge in [-0.25, -0.2) is 0 Å². The predicted octanol–water partition coefficient (Wildman–Crippen LogP) is 4.17. The maximum Gasteiger partial charge on any atom is 0.267 e. The van der Waals surface area contributed by atoms with Crippen molar-refractivity contribution in [2.24, 2.45) is 0 Å². The second-order valence-electron chi connectivity index (χ2n) is 8.12. The van der Waals surface area contributed by atoms with Crippen LogP contribution in [0.4, 0.5) is 11.4 Å². The van der Waals surface area contributed by atoms with E-state index < -0.39 is 6.10 Å². The van der Waals surface area contributed by atoms with Crippen molar-refractivity contribution in [2.45, 2.75) is 20.0 Å². The van der Waals surface area contributed by atoms with E-state index in [2.05, 4.69) is 5.32 Å². The van der Waals surface area contributed by atoms with Crippen LogP contribution in [0.1, 0.15) is 22.8 Å². The zero-order valence-corrected chi connectivity index (χ0v) is 18.9. The Kier molecular flexibility index (Phi) is 5.71. The molecule has 1 unspecified atom stereocenters. The summed E-state index contributed by atoms with van der Waals surface area (Å²) in [7, 11) is 0. The second-order valence-corrected chi connectivity index (χ2v) is 8.12. The molecule has 3 aromatic rings. The van der Waals surface area contributed by atoms with Crippen LogP contribution in [0.15, 0.2) is 60.7 Å². The molecule has 2 aliphatic rings. The van der Waals surface area contributed by atoms with E-state index in [0.29, 0.717) is 47.3 Å². The van der Waals surface area contributed by atoms with Gasteiger partial charge in [-0.2, -0.15) is 0 Å². The minimum absolute atomic E-state index is 0.140. The summed E-state index contributed by atoms with van der Waals surface area (Å²) < 4.78 is 22.3. The van der Waals surface area contributed by atoms with Crippen LogP contribution in [0, 0.1) is 6.92 Å². The Bertz CT molecular complexity index is 1260. The van der Waals surface area contributed by atoms with Crippen LogP contribution in [0.5, 0.6) is 23.0 Å². The first-order valence-corrected chi connectivity index (χ1v) is 11.0. The Morgan fingerprint density at radius 3 is 2.74 bits per heavy atom. The van der Waals surface area contributed by atoms with Crippen molar-refractivity contribution in [3.8, 4) is 23.0 Å². The van der Waals surface area contributed by atoms with Gasteiger partial charge in [0.15, 0.2) is 17.6 Å². The molecule has 0 fully saturated rings. The fourth-order valence-electron chi connectivity index (χ4n) is 3.92. The summed E-state index contributed by atoms with van der Waals surface area (Å²) in [5.74, 6) is 2.00. The molecular formula is C26H24N2O6. The number of rotatable bonds is 6. The lowest BCUT2D eigenvalue weighted by atomic mass is 10.1. The highest BCUT2D eigenvalue weighted by Gasteiger charge is 2.31. The summed E-state index contributed by atoms with van der Waals surface area (Å²) in [6, 6.07) is 18.0. The molecule has 3 aromatic carbocycles. The van der Waals surface area contributed by atoms with Gasteiger partial charge in [-0.1, -0.05) is 12.1 Å². The molecule has 0 aliphatic carbocycles. The van der Waals surface area contributed by atoms with Crippen molar-refractivity contribution in [1.29, 1.82) is 0 Å². The molecule has 0 saturated heterocycles. The van der Waals surface area contributed by atoms with Gasteiger partial charge in [0.25, 0.3) is 11.8 Å². The Hall–Kier alpha value is -4.20. The molecule has 0 spiro atoms. The molecule has 0 radical (unpaired) electrons. The third-order valence-corrected chi connectivity index (χ3v) is 5.63. The number of nitrogens with one attached hydrogen (secondary N) is 1. The van der Waals surface area contributed by atoms with Crippen LogP contribution in [0.3, 0.4) is 0 Å². The molecule has 8 heteroatoms. The lowest BCUT2D eigenvalue weighted by Crippen LogP contribution is -2.46. The van der Waals surface area contributed by atoms with Crippen molar-refractivity contribution in [3.05, 3.63) is 71.8 Å². The standard InChI is InChI=1S/C26H24N2O6/c1-16-4-3-5-20(12-16)31-11-10-28-21-14-19(7-9-22(21)34-17(2)26(28)30)27-25(29)18-6-8-23-24(13-18)33-15-32-23/h3-9,12-14,17H,10-11,15H2,1-2H3,(H,27,29). The maximum atomic E-state index is 12.9. The fourth-order valence-corrected chi connectivity index (χ4v) is 3.92. The number of benzene rings is 3. The minimum atomic E-state index is -0.611.